The van der Waals surface area contributed by atoms with Crippen molar-refractivity contribution in [3.63, 3.8) is 0 Å². The van der Waals surface area contributed by atoms with E-state index in [4.69, 9.17) is 0 Å². The van der Waals surface area contributed by atoms with E-state index in [0.717, 1.165) is 12.6 Å². The molecule has 2 atom stereocenters. The summed E-state index contributed by atoms with van der Waals surface area (Å²) >= 11 is 0. The first-order chi connectivity index (χ1) is 11.6. The molecule has 1 saturated heterocycles. The summed E-state index contributed by atoms with van der Waals surface area (Å²) in [5.41, 5.74) is 1.16. The van der Waals surface area contributed by atoms with E-state index in [1.807, 2.05) is 25.1 Å². The van der Waals surface area contributed by atoms with E-state index in [0.29, 0.717) is 6.54 Å². The van der Waals surface area contributed by atoms with E-state index in [-0.39, 0.29) is 29.4 Å². The molecule has 1 fully saturated rings. The molecule has 0 unspecified atom stereocenters. The molecular formula is C17H18N4O3. The number of urea groups is 1. The number of likely N-dealkylation sites (tertiary alicyclic amines) is 1. The number of aromatic nitrogens is 1. The normalized spacial score (nSPS) is 20.0. The Balaban J connectivity index is 1.74. The quantitative estimate of drug-likeness (QED) is 0.691. The van der Waals surface area contributed by atoms with Gasteiger partial charge in [-0.3, -0.25) is 15.1 Å². The molecule has 0 spiro atoms. The van der Waals surface area contributed by atoms with Crippen LogP contribution in [0.25, 0.3) is 0 Å². The lowest BCUT2D eigenvalue weighted by Gasteiger charge is -2.25. The van der Waals surface area contributed by atoms with Gasteiger partial charge in [0.15, 0.2) is 0 Å². The topological polar surface area (TPSA) is 88.4 Å². The minimum atomic E-state index is -0.553. The van der Waals surface area contributed by atoms with Gasteiger partial charge in [-0.1, -0.05) is 30.3 Å². The Morgan fingerprint density at radius 2 is 2.08 bits per heavy atom. The molecule has 2 amide bonds. The summed E-state index contributed by atoms with van der Waals surface area (Å²) in [4.78, 5) is 28.5. The number of nitro groups is 1. The van der Waals surface area contributed by atoms with Crippen molar-refractivity contribution in [2.24, 2.45) is 0 Å². The molecule has 24 heavy (non-hydrogen) atoms. The third kappa shape index (κ3) is 3.05. The maximum atomic E-state index is 12.5. The van der Waals surface area contributed by atoms with Gasteiger partial charge in [-0.05, 0) is 25.0 Å². The van der Waals surface area contributed by atoms with Gasteiger partial charge in [-0.2, -0.15) is 0 Å². The molecule has 1 aliphatic rings. The van der Waals surface area contributed by atoms with Gasteiger partial charge >= 0.3 is 11.7 Å². The second kappa shape index (κ2) is 6.66. The van der Waals surface area contributed by atoms with Gasteiger partial charge in [0.1, 0.15) is 11.9 Å². The van der Waals surface area contributed by atoms with Crippen molar-refractivity contribution in [1.29, 1.82) is 0 Å². The molecule has 0 saturated carbocycles. The second-order valence-corrected chi connectivity index (χ2v) is 5.82. The zero-order valence-electron chi connectivity index (χ0n) is 13.3. The highest BCUT2D eigenvalue weighted by Crippen LogP contribution is 2.34. The first kappa shape index (κ1) is 15.9. The fourth-order valence-corrected chi connectivity index (χ4v) is 3.20. The van der Waals surface area contributed by atoms with Crippen molar-refractivity contribution in [2.45, 2.75) is 25.3 Å². The summed E-state index contributed by atoms with van der Waals surface area (Å²) in [6, 6.07) is 11.2. The predicted molar refractivity (Wildman–Crippen MR) is 89.9 cm³/mol. The number of benzene rings is 1. The van der Waals surface area contributed by atoms with Gasteiger partial charge < -0.3 is 10.2 Å². The number of hydrogen-bond donors (Lipinski definition) is 1. The number of rotatable bonds is 3. The van der Waals surface area contributed by atoms with E-state index in [1.54, 1.807) is 4.90 Å². The van der Waals surface area contributed by atoms with Crippen molar-refractivity contribution in [3.05, 3.63) is 64.5 Å². The lowest BCUT2D eigenvalue weighted by atomic mass is 9.93. The number of carbonyl (C=O) groups excluding carboxylic acids is 1. The minimum absolute atomic E-state index is 0.0216. The lowest BCUT2D eigenvalue weighted by molar-refractivity contribution is -0.384. The Hall–Kier alpha value is -2.96. The van der Waals surface area contributed by atoms with Crippen molar-refractivity contribution in [2.75, 3.05) is 11.9 Å². The number of pyridine rings is 1. The minimum Gasteiger partial charge on any atom is -0.321 e. The third-order valence-electron chi connectivity index (χ3n) is 4.48. The first-order valence-electron chi connectivity index (χ1n) is 7.79. The average Bonchev–Trinajstić information content (AvgIpc) is 2.97. The van der Waals surface area contributed by atoms with Crippen molar-refractivity contribution in [3.8, 4) is 0 Å². The zero-order valence-corrected chi connectivity index (χ0v) is 13.3. The Morgan fingerprint density at radius 1 is 1.33 bits per heavy atom. The lowest BCUT2D eigenvalue weighted by Crippen LogP contribution is -2.38. The SMILES string of the molecule is C[C@H]1[C@@H](c2ccccc2)CCN1C(=O)Nc1ccncc1[N+](=O)[O-]. The summed E-state index contributed by atoms with van der Waals surface area (Å²) in [6.07, 6.45) is 3.43. The van der Waals surface area contributed by atoms with E-state index >= 15 is 0 Å². The fraction of sp³-hybridized carbons (Fsp3) is 0.294. The Kier molecular flexibility index (Phi) is 4.41. The van der Waals surface area contributed by atoms with Crippen LogP contribution in [0.4, 0.5) is 16.2 Å². The molecule has 2 heterocycles. The number of nitrogens with zero attached hydrogens (tertiary/aromatic N) is 3. The second-order valence-electron chi connectivity index (χ2n) is 5.82. The fourth-order valence-electron chi connectivity index (χ4n) is 3.20. The summed E-state index contributed by atoms with van der Waals surface area (Å²) in [6.45, 7) is 2.62. The van der Waals surface area contributed by atoms with Gasteiger partial charge in [0.05, 0.1) is 4.92 Å². The standard InChI is InChI=1S/C17H18N4O3/c1-12-14(13-5-3-2-4-6-13)8-10-20(12)17(22)19-15-7-9-18-11-16(15)21(23)24/h2-7,9,11-12,14H,8,10H2,1H3,(H,18,19,22)/t12-,14-/m0/s1. The zero-order chi connectivity index (χ0) is 17.1. The number of hydrogen-bond acceptors (Lipinski definition) is 4. The van der Waals surface area contributed by atoms with E-state index in [2.05, 4.69) is 22.4 Å². The molecular weight excluding hydrogens is 308 g/mol. The molecule has 2 aromatic rings. The van der Waals surface area contributed by atoms with Gasteiger partial charge in [0.25, 0.3) is 0 Å². The summed E-state index contributed by atoms with van der Waals surface area (Å²) in [5.74, 6) is 0.268. The highest BCUT2D eigenvalue weighted by Gasteiger charge is 2.35. The van der Waals surface area contributed by atoms with E-state index in [1.165, 1.54) is 17.8 Å². The molecule has 1 aromatic heterocycles. The van der Waals surface area contributed by atoms with Gasteiger partial charge in [-0.15, -0.1) is 0 Å². The molecule has 0 aliphatic carbocycles. The molecule has 1 aromatic carbocycles. The van der Waals surface area contributed by atoms with Crippen LogP contribution >= 0.6 is 0 Å². The van der Waals surface area contributed by atoms with E-state index < -0.39 is 4.92 Å². The van der Waals surface area contributed by atoms with Crippen LogP contribution in [-0.2, 0) is 0 Å². The van der Waals surface area contributed by atoms with Crippen LogP contribution in [0.2, 0.25) is 0 Å². The maximum absolute atomic E-state index is 12.5. The van der Waals surface area contributed by atoms with Crippen molar-refractivity contribution < 1.29 is 9.72 Å². The molecule has 7 heteroatoms. The predicted octanol–water partition coefficient (Wildman–Crippen LogP) is 3.40. The Morgan fingerprint density at radius 3 is 2.79 bits per heavy atom. The number of nitrogens with one attached hydrogen (secondary N) is 1. The summed E-state index contributed by atoms with van der Waals surface area (Å²) in [5, 5.41) is 13.7. The van der Waals surface area contributed by atoms with Gasteiger partial charge in [0.2, 0.25) is 0 Å². The van der Waals surface area contributed by atoms with Crippen LogP contribution in [-0.4, -0.2) is 33.4 Å². The molecule has 1 aliphatic heterocycles. The third-order valence-corrected chi connectivity index (χ3v) is 4.48. The molecule has 0 radical (unpaired) electrons. The number of anilines is 1. The van der Waals surface area contributed by atoms with Crippen molar-refractivity contribution >= 4 is 17.4 Å². The van der Waals surface area contributed by atoms with Crippen LogP contribution < -0.4 is 5.32 Å². The smallest absolute Gasteiger partial charge is 0.321 e. The molecule has 7 nitrogen and oxygen atoms in total. The van der Waals surface area contributed by atoms with Gasteiger partial charge in [0, 0.05) is 24.7 Å². The van der Waals surface area contributed by atoms with E-state index in [9.17, 15) is 14.9 Å². The summed E-state index contributed by atoms with van der Waals surface area (Å²) < 4.78 is 0. The molecule has 0 bridgehead atoms. The van der Waals surface area contributed by atoms with Crippen LogP contribution in [0.3, 0.4) is 0 Å². The molecule has 124 valence electrons. The highest BCUT2D eigenvalue weighted by atomic mass is 16.6. The molecule has 1 N–H and O–H groups in total. The van der Waals surface area contributed by atoms with Crippen LogP contribution in [0.5, 0.6) is 0 Å². The van der Waals surface area contributed by atoms with Gasteiger partial charge in [-0.25, -0.2) is 4.79 Å². The Labute approximate surface area is 139 Å². The Bertz CT molecular complexity index is 751. The average molecular weight is 326 g/mol. The van der Waals surface area contributed by atoms with Crippen LogP contribution in [0, 0.1) is 10.1 Å². The first-order valence-corrected chi connectivity index (χ1v) is 7.79. The number of amides is 2. The highest BCUT2D eigenvalue weighted by molar-refractivity contribution is 5.92. The summed E-state index contributed by atoms with van der Waals surface area (Å²) in [7, 11) is 0. The van der Waals surface area contributed by atoms with Crippen molar-refractivity contribution in [1.82, 2.24) is 9.88 Å². The maximum Gasteiger partial charge on any atom is 0.322 e. The largest absolute Gasteiger partial charge is 0.322 e. The molecule has 3 rings (SSSR count). The van der Waals surface area contributed by atoms with Crippen LogP contribution in [0.15, 0.2) is 48.8 Å². The van der Waals surface area contributed by atoms with Crippen LogP contribution in [0.1, 0.15) is 24.8 Å². The monoisotopic (exact) mass is 326 g/mol. The number of carbonyl (C=O) groups is 1.